The van der Waals surface area contributed by atoms with Crippen molar-refractivity contribution in [1.82, 2.24) is 0 Å². The third-order valence-electron chi connectivity index (χ3n) is 5.35. The third-order valence-corrected chi connectivity index (χ3v) is 5.35. The Morgan fingerprint density at radius 1 is 1.12 bits per heavy atom. The summed E-state index contributed by atoms with van der Waals surface area (Å²) < 4.78 is 0. The van der Waals surface area contributed by atoms with Crippen molar-refractivity contribution in [2.45, 2.75) is 51.4 Å². The van der Waals surface area contributed by atoms with E-state index in [1.54, 1.807) is 0 Å². The summed E-state index contributed by atoms with van der Waals surface area (Å²) in [6, 6.07) is 6.93. The number of aryl methyl sites for hydroxylation is 2. The Hall–Kier alpha value is -0.820. The fraction of sp³-hybridized carbons (Fsp3) is 0.625. The van der Waals surface area contributed by atoms with E-state index >= 15 is 0 Å². The Kier molecular flexibility index (Phi) is 2.38. The normalized spacial score (nSPS) is 24.2. The minimum absolute atomic E-state index is 0.304. The van der Waals surface area contributed by atoms with E-state index in [2.05, 4.69) is 32.0 Å². The van der Waals surface area contributed by atoms with Gasteiger partial charge >= 0.3 is 0 Å². The molecule has 2 aliphatic carbocycles. The summed E-state index contributed by atoms with van der Waals surface area (Å²) in [5.41, 5.74) is 11.4. The van der Waals surface area contributed by atoms with Gasteiger partial charge in [-0.25, -0.2) is 0 Å². The highest BCUT2D eigenvalue weighted by Gasteiger charge is 2.56. The SMILES string of the molecule is Cc1ccc(C2(CN)CC3(CCC3)C2)cc1C. The number of rotatable bonds is 2. The molecule has 1 nitrogen and oxygen atoms in total. The average Bonchev–Trinajstić information content (AvgIpc) is 2.20. The summed E-state index contributed by atoms with van der Waals surface area (Å²) in [4.78, 5) is 0. The van der Waals surface area contributed by atoms with Crippen molar-refractivity contribution in [3.8, 4) is 0 Å². The first kappa shape index (κ1) is 11.3. The van der Waals surface area contributed by atoms with Crippen LogP contribution in [-0.2, 0) is 5.41 Å². The molecule has 1 spiro atoms. The molecule has 0 heterocycles. The number of hydrogen-bond donors (Lipinski definition) is 1. The van der Waals surface area contributed by atoms with E-state index < -0.39 is 0 Å². The molecule has 0 aromatic heterocycles. The second-order valence-corrected chi connectivity index (χ2v) is 6.49. The molecular formula is C16H23N. The molecule has 92 valence electrons. The van der Waals surface area contributed by atoms with Crippen LogP contribution in [-0.4, -0.2) is 6.54 Å². The Bertz CT molecular complexity index is 435. The van der Waals surface area contributed by atoms with Gasteiger partial charge < -0.3 is 5.73 Å². The topological polar surface area (TPSA) is 26.0 Å². The quantitative estimate of drug-likeness (QED) is 0.825. The molecule has 2 N–H and O–H groups in total. The predicted octanol–water partition coefficient (Wildman–Crippen LogP) is 3.46. The molecule has 0 saturated heterocycles. The van der Waals surface area contributed by atoms with Gasteiger partial charge in [-0.05, 0) is 61.6 Å². The van der Waals surface area contributed by atoms with Crippen LogP contribution in [0.15, 0.2) is 18.2 Å². The Morgan fingerprint density at radius 2 is 1.82 bits per heavy atom. The van der Waals surface area contributed by atoms with E-state index in [0.29, 0.717) is 10.8 Å². The van der Waals surface area contributed by atoms with Crippen LogP contribution in [0.4, 0.5) is 0 Å². The lowest BCUT2D eigenvalue weighted by atomic mass is 9.44. The molecule has 1 aromatic rings. The summed E-state index contributed by atoms with van der Waals surface area (Å²) >= 11 is 0. The summed E-state index contributed by atoms with van der Waals surface area (Å²) in [6.45, 7) is 5.21. The van der Waals surface area contributed by atoms with Crippen molar-refractivity contribution in [2.24, 2.45) is 11.1 Å². The fourth-order valence-corrected chi connectivity index (χ4v) is 3.95. The van der Waals surface area contributed by atoms with Crippen molar-refractivity contribution < 1.29 is 0 Å². The summed E-state index contributed by atoms with van der Waals surface area (Å²) in [6.07, 6.45) is 6.99. The highest BCUT2D eigenvalue weighted by molar-refractivity contribution is 5.38. The molecule has 1 aromatic carbocycles. The van der Waals surface area contributed by atoms with E-state index in [-0.39, 0.29) is 0 Å². The first-order valence-corrected chi connectivity index (χ1v) is 6.87. The van der Waals surface area contributed by atoms with Crippen molar-refractivity contribution in [1.29, 1.82) is 0 Å². The standard InChI is InChI=1S/C16H23N/c1-12-4-5-14(8-13(12)2)16(11-17)9-15(10-16)6-3-7-15/h4-5,8H,3,6-7,9-11,17H2,1-2H3. The second-order valence-electron chi connectivity index (χ2n) is 6.49. The van der Waals surface area contributed by atoms with Crippen LogP contribution in [0.25, 0.3) is 0 Å². The minimum atomic E-state index is 0.304. The van der Waals surface area contributed by atoms with Gasteiger partial charge in [-0.15, -0.1) is 0 Å². The molecule has 0 amide bonds. The van der Waals surface area contributed by atoms with Crippen LogP contribution >= 0.6 is 0 Å². The average molecular weight is 229 g/mol. The lowest BCUT2D eigenvalue weighted by Gasteiger charge is -2.61. The molecule has 0 unspecified atom stereocenters. The Balaban J connectivity index is 1.88. The smallest absolute Gasteiger partial charge is 0.00862 e. The van der Waals surface area contributed by atoms with Crippen LogP contribution in [0.1, 0.15) is 48.8 Å². The zero-order valence-electron chi connectivity index (χ0n) is 11.1. The van der Waals surface area contributed by atoms with Gasteiger partial charge in [0.25, 0.3) is 0 Å². The van der Waals surface area contributed by atoms with E-state index in [1.807, 2.05) is 0 Å². The van der Waals surface area contributed by atoms with Gasteiger partial charge in [0.2, 0.25) is 0 Å². The summed E-state index contributed by atoms with van der Waals surface area (Å²) in [5.74, 6) is 0. The number of nitrogens with two attached hydrogens (primary N) is 1. The predicted molar refractivity (Wildman–Crippen MR) is 72.2 cm³/mol. The molecule has 2 aliphatic rings. The zero-order valence-corrected chi connectivity index (χ0v) is 11.1. The lowest BCUT2D eigenvalue weighted by Crippen LogP contribution is -2.56. The van der Waals surface area contributed by atoms with Gasteiger partial charge in [0, 0.05) is 12.0 Å². The zero-order chi connectivity index (χ0) is 12.1. The van der Waals surface area contributed by atoms with Gasteiger partial charge in [0.05, 0.1) is 0 Å². The van der Waals surface area contributed by atoms with Gasteiger partial charge in [-0.1, -0.05) is 24.6 Å². The first-order valence-electron chi connectivity index (χ1n) is 6.87. The van der Waals surface area contributed by atoms with E-state index in [1.165, 1.54) is 48.8 Å². The van der Waals surface area contributed by atoms with Gasteiger partial charge in [0.15, 0.2) is 0 Å². The van der Waals surface area contributed by atoms with Gasteiger partial charge in [-0.2, -0.15) is 0 Å². The fourth-order valence-electron chi connectivity index (χ4n) is 3.95. The molecule has 0 radical (unpaired) electrons. The lowest BCUT2D eigenvalue weighted by molar-refractivity contribution is -0.0446. The maximum absolute atomic E-state index is 6.09. The highest BCUT2D eigenvalue weighted by Crippen LogP contribution is 2.64. The molecule has 0 aliphatic heterocycles. The highest BCUT2D eigenvalue weighted by atomic mass is 14.7. The largest absolute Gasteiger partial charge is 0.330 e. The molecule has 2 saturated carbocycles. The first-order chi connectivity index (χ1) is 8.09. The molecule has 17 heavy (non-hydrogen) atoms. The monoisotopic (exact) mass is 229 g/mol. The molecule has 3 rings (SSSR count). The van der Waals surface area contributed by atoms with Crippen LogP contribution in [0.3, 0.4) is 0 Å². The molecule has 0 atom stereocenters. The maximum atomic E-state index is 6.09. The minimum Gasteiger partial charge on any atom is -0.330 e. The van der Waals surface area contributed by atoms with Crippen molar-refractivity contribution >= 4 is 0 Å². The van der Waals surface area contributed by atoms with E-state index in [4.69, 9.17) is 5.73 Å². The molecule has 2 fully saturated rings. The Morgan fingerprint density at radius 3 is 2.29 bits per heavy atom. The number of hydrogen-bond acceptors (Lipinski definition) is 1. The molecular weight excluding hydrogens is 206 g/mol. The van der Waals surface area contributed by atoms with Gasteiger partial charge in [-0.3, -0.25) is 0 Å². The second kappa shape index (κ2) is 3.58. The van der Waals surface area contributed by atoms with Crippen molar-refractivity contribution in [3.63, 3.8) is 0 Å². The van der Waals surface area contributed by atoms with Crippen molar-refractivity contribution in [2.75, 3.05) is 6.54 Å². The summed E-state index contributed by atoms with van der Waals surface area (Å²) in [7, 11) is 0. The Labute approximate surface area is 104 Å². The number of benzene rings is 1. The maximum Gasteiger partial charge on any atom is 0.00862 e. The van der Waals surface area contributed by atoms with Crippen LogP contribution in [0.2, 0.25) is 0 Å². The van der Waals surface area contributed by atoms with E-state index in [9.17, 15) is 0 Å². The third kappa shape index (κ3) is 1.55. The van der Waals surface area contributed by atoms with Gasteiger partial charge in [0.1, 0.15) is 0 Å². The van der Waals surface area contributed by atoms with Crippen LogP contribution in [0.5, 0.6) is 0 Å². The van der Waals surface area contributed by atoms with Crippen LogP contribution in [0, 0.1) is 19.3 Å². The van der Waals surface area contributed by atoms with Crippen molar-refractivity contribution in [3.05, 3.63) is 34.9 Å². The molecule has 0 bridgehead atoms. The van der Waals surface area contributed by atoms with E-state index in [0.717, 1.165) is 6.54 Å². The summed E-state index contributed by atoms with van der Waals surface area (Å²) in [5, 5.41) is 0. The molecule has 1 heteroatoms. The van der Waals surface area contributed by atoms with Crippen LogP contribution < -0.4 is 5.73 Å².